The van der Waals surface area contributed by atoms with E-state index in [1.807, 2.05) is 11.1 Å². The van der Waals surface area contributed by atoms with Crippen molar-refractivity contribution in [3.63, 3.8) is 0 Å². The molecule has 0 spiro atoms. The summed E-state index contributed by atoms with van der Waals surface area (Å²) in [5, 5.41) is 0. The number of hydrogen-bond donors (Lipinski definition) is 0. The lowest BCUT2D eigenvalue weighted by molar-refractivity contribution is -0.141. The van der Waals surface area contributed by atoms with E-state index in [-0.39, 0.29) is 5.91 Å². The fraction of sp³-hybridized carbons (Fsp3) is 0.571. The summed E-state index contributed by atoms with van der Waals surface area (Å²) in [5.41, 5.74) is 0. The van der Waals surface area contributed by atoms with Crippen LogP contribution in [0.1, 0.15) is 19.3 Å². The van der Waals surface area contributed by atoms with Crippen molar-refractivity contribution in [2.45, 2.75) is 25.3 Å². The zero-order chi connectivity index (χ0) is 6.27. The van der Waals surface area contributed by atoms with Crippen LogP contribution < -0.4 is 0 Å². The fourth-order valence-electron chi connectivity index (χ4n) is 1.42. The minimum absolute atomic E-state index is 0.288. The van der Waals surface area contributed by atoms with Gasteiger partial charge in [-0.1, -0.05) is 6.08 Å². The third-order valence-corrected chi connectivity index (χ3v) is 2.02. The highest BCUT2D eigenvalue weighted by atomic mass is 16.2. The van der Waals surface area contributed by atoms with E-state index in [1.165, 1.54) is 6.42 Å². The molecule has 1 fully saturated rings. The van der Waals surface area contributed by atoms with Crippen LogP contribution in [0.3, 0.4) is 0 Å². The van der Waals surface area contributed by atoms with Crippen molar-refractivity contribution in [3.05, 3.63) is 12.3 Å². The molecule has 48 valence electrons. The number of rotatable bonds is 0. The smallest absolute Gasteiger partial charge is 0.228 e. The van der Waals surface area contributed by atoms with Crippen LogP contribution >= 0.6 is 0 Å². The third kappa shape index (κ3) is 0.590. The standard InChI is InChI=1S/C7H9NO/c9-7-5-6-3-1-2-4-8(6)7/h2,4,6H,1,3,5H2/t6-/m0/s1. The highest BCUT2D eigenvalue weighted by Crippen LogP contribution is 2.27. The second-order valence-corrected chi connectivity index (χ2v) is 2.62. The van der Waals surface area contributed by atoms with Crippen LogP contribution in [0.2, 0.25) is 0 Å². The molecule has 1 saturated heterocycles. The predicted molar refractivity (Wildman–Crippen MR) is 33.6 cm³/mol. The van der Waals surface area contributed by atoms with Crippen LogP contribution in [0.4, 0.5) is 0 Å². The van der Waals surface area contributed by atoms with Gasteiger partial charge in [0.15, 0.2) is 0 Å². The summed E-state index contributed by atoms with van der Waals surface area (Å²) in [4.78, 5) is 12.6. The number of β-lactam (4-membered cyclic amide) rings is 1. The molecule has 0 saturated carbocycles. The second-order valence-electron chi connectivity index (χ2n) is 2.62. The molecule has 2 heterocycles. The van der Waals surface area contributed by atoms with Crippen molar-refractivity contribution < 1.29 is 4.79 Å². The number of amides is 1. The predicted octanol–water partition coefficient (Wildman–Crippen LogP) is 0.895. The average molecular weight is 123 g/mol. The highest BCUT2D eigenvalue weighted by molar-refractivity contribution is 5.84. The normalized spacial score (nSPS) is 31.8. The number of nitrogens with zero attached hydrogens (tertiary/aromatic N) is 1. The van der Waals surface area contributed by atoms with Gasteiger partial charge in [-0.15, -0.1) is 0 Å². The van der Waals surface area contributed by atoms with E-state index in [0.717, 1.165) is 12.8 Å². The molecule has 2 nitrogen and oxygen atoms in total. The maximum atomic E-state index is 10.7. The Labute approximate surface area is 54.1 Å². The topological polar surface area (TPSA) is 20.3 Å². The van der Waals surface area contributed by atoms with Crippen LogP contribution in [0.25, 0.3) is 0 Å². The zero-order valence-electron chi connectivity index (χ0n) is 5.21. The molecule has 0 aromatic rings. The quantitative estimate of drug-likeness (QED) is 0.438. The minimum Gasteiger partial charge on any atom is -0.316 e. The Morgan fingerprint density at radius 1 is 1.67 bits per heavy atom. The Hall–Kier alpha value is -0.790. The number of fused-ring (bicyclic) bond motifs is 1. The van der Waals surface area contributed by atoms with Gasteiger partial charge in [0.05, 0.1) is 0 Å². The lowest BCUT2D eigenvalue weighted by Gasteiger charge is -2.40. The Kier molecular flexibility index (Phi) is 0.891. The largest absolute Gasteiger partial charge is 0.316 e. The summed E-state index contributed by atoms with van der Waals surface area (Å²) in [6, 6.07) is 0.558. The zero-order valence-corrected chi connectivity index (χ0v) is 5.21. The van der Waals surface area contributed by atoms with E-state index < -0.39 is 0 Å². The number of allylic oxidation sites excluding steroid dienone is 1. The molecule has 0 aromatic heterocycles. The molecule has 0 aliphatic carbocycles. The van der Waals surface area contributed by atoms with E-state index in [4.69, 9.17) is 0 Å². The third-order valence-electron chi connectivity index (χ3n) is 2.02. The van der Waals surface area contributed by atoms with Gasteiger partial charge < -0.3 is 4.90 Å². The Balaban J connectivity index is 2.16. The Bertz CT molecular complexity index is 174. The van der Waals surface area contributed by atoms with Crippen molar-refractivity contribution in [2.24, 2.45) is 0 Å². The summed E-state index contributed by atoms with van der Waals surface area (Å²) in [6.45, 7) is 0. The molecule has 2 heteroatoms. The van der Waals surface area contributed by atoms with Crippen LogP contribution in [0.5, 0.6) is 0 Å². The summed E-state index contributed by atoms with van der Waals surface area (Å²) < 4.78 is 0. The second kappa shape index (κ2) is 1.59. The maximum Gasteiger partial charge on any atom is 0.228 e. The van der Waals surface area contributed by atoms with Gasteiger partial charge in [-0.2, -0.15) is 0 Å². The molecular formula is C7H9NO. The first-order valence-corrected chi connectivity index (χ1v) is 3.36. The number of carbonyl (C=O) groups excluding carboxylic acids is 1. The molecule has 2 aliphatic heterocycles. The van der Waals surface area contributed by atoms with Crippen LogP contribution in [0.15, 0.2) is 12.3 Å². The maximum absolute atomic E-state index is 10.7. The molecule has 0 bridgehead atoms. The van der Waals surface area contributed by atoms with E-state index in [2.05, 4.69) is 6.08 Å². The van der Waals surface area contributed by atoms with Gasteiger partial charge in [0, 0.05) is 18.7 Å². The molecule has 1 amide bonds. The van der Waals surface area contributed by atoms with Crippen molar-refractivity contribution in [1.29, 1.82) is 0 Å². The summed E-state index contributed by atoms with van der Waals surface area (Å²) in [7, 11) is 0. The molecule has 0 N–H and O–H groups in total. The first-order valence-electron chi connectivity index (χ1n) is 3.36. The molecule has 2 aliphatic rings. The van der Waals surface area contributed by atoms with Crippen molar-refractivity contribution >= 4 is 5.91 Å². The van der Waals surface area contributed by atoms with Gasteiger partial charge in [-0.25, -0.2) is 0 Å². The molecule has 0 unspecified atom stereocenters. The highest BCUT2D eigenvalue weighted by Gasteiger charge is 2.34. The van der Waals surface area contributed by atoms with Crippen molar-refractivity contribution in [3.8, 4) is 0 Å². The lowest BCUT2D eigenvalue weighted by atomic mass is 9.95. The van der Waals surface area contributed by atoms with Crippen LogP contribution in [-0.2, 0) is 4.79 Å². The monoisotopic (exact) mass is 123 g/mol. The lowest BCUT2D eigenvalue weighted by Crippen LogP contribution is -2.50. The summed E-state index contributed by atoms with van der Waals surface area (Å²) >= 11 is 0. The minimum atomic E-state index is 0.288. The van der Waals surface area contributed by atoms with Gasteiger partial charge in [-0.3, -0.25) is 4.79 Å². The first-order chi connectivity index (χ1) is 4.38. The molecule has 9 heavy (non-hydrogen) atoms. The van der Waals surface area contributed by atoms with Gasteiger partial charge in [-0.05, 0) is 12.8 Å². The van der Waals surface area contributed by atoms with E-state index in [9.17, 15) is 4.79 Å². The van der Waals surface area contributed by atoms with Gasteiger partial charge in [0.2, 0.25) is 5.91 Å². The number of carbonyl (C=O) groups is 1. The fourth-order valence-corrected chi connectivity index (χ4v) is 1.42. The Morgan fingerprint density at radius 2 is 2.56 bits per heavy atom. The Morgan fingerprint density at radius 3 is 3.11 bits per heavy atom. The number of hydrogen-bond acceptors (Lipinski definition) is 1. The van der Waals surface area contributed by atoms with Crippen molar-refractivity contribution in [1.82, 2.24) is 4.90 Å². The molecule has 0 radical (unpaired) electrons. The average Bonchev–Trinajstić information content (AvgIpc) is 1.86. The summed E-state index contributed by atoms with van der Waals surface area (Å²) in [6.07, 6.45) is 7.08. The molecule has 0 aromatic carbocycles. The van der Waals surface area contributed by atoms with Crippen LogP contribution in [0, 0.1) is 0 Å². The van der Waals surface area contributed by atoms with E-state index in [0.29, 0.717) is 6.04 Å². The molecule has 1 atom stereocenters. The van der Waals surface area contributed by atoms with E-state index in [1.54, 1.807) is 0 Å². The first kappa shape index (κ1) is 5.03. The molecule has 2 rings (SSSR count). The van der Waals surface area contributed by atoms with Gasteiger partial charge in [0.1, 0.15) is 0 Å². The van der Waals surface area contributed by atoms with Gasteiger partial charge >= 0.3 is 0 Å². The van der Waals surface area contributed by atoms with Crippen molar-refractivity contribution in [2.75, 3.05) is 0 Å². The van der Waals surface area contributed by atoms with E-state index >= 15 is 0 Å². The summed E-state index contributed by atoms with van der Waals surface area (Å²) in [5.74, 6) is 0.288. The van der Waals surface area contributed by atoms with Gasteiger partial charge in [0.25, 0.3) is 0 Å². The molecular weight excluding hydrogens is 114 g/mol. The SMILES string of the molecule is O=C1C[C@@H]2CCC=CN12. The van der Waals surface area contributed by atoms with Crippen LogP contribution in [-0.4, -0.2) is 16.8 Å².